The first-order chi connectivity index (χ1) is 13.8. The fourth-order valence-corrected chi connectivity index (χ4v) is 7.93. The molecule has 28 heavy (non-hydrogen) atoms. The Kier molecular flexibility index (Phi) is 6.16. The Morgan fingerprint density at radius 3 is 2.75 bits per heavy atom. The molecule has 4 fully saturated rings. The van der Waals surface area contributed by atoms with Crippen molar-refractivity contribution in [1.29, 1.82) is 0 Å². The van der Waals surface area contributed by atoms with Crippen molar-refractivity contribution in [2.45, 2.75) is 73.9 Å². The molecule has 0 spiro atoms. The molecular formula is C21H35N3O3S. The van der Waals surface area contributed by atoms with Gasteiger partial charge < -0.3 is 19.9 Å². The van der Waals surface area contributed by atoms with E-state index in [0.717, 1.165) is 45.6 Å². The van der Waals surface area contributed by atoms with E-state index in [1.165, 1.54) is 25.7 Å². The summed E-state index contributed by atoms with van der Waals surface area (Å²) in [6.07, 6.45) is 10.5. The second kappa shape index (κ2) is 8.80. The number of hydrogen-bond donors (Lipinski definition) is 2. The summed E-state index contributed by atoms with van der Waals surface area (Å²) in [5.74, 6) is 1.54. The van der Waals surface area contributed by atoms with Crippen molar-refractivity contribution >= 4 is 18.1 Å². The third-order valence-electron chi connectivity index (χ3n) is 7.69. The molecular weight excluding hydrogens is 374 g/mol. The zero-order chi connectivity index (χ0) is 18.9. The van der Waals surface area contributed by atoms with E-state index in [2.05, 4.69) is 22.0 Å². The zero-order valence-electron chi connectivity index (χ0n) is 16.7. The highest BCUT2D eigenvalue weighted by molar-refractivity contribution is 8.00. The Morgan fingerprint density at radius 1 is 1.14 bits per heavy atom. The van der Waals surface area contributed by atoms with Crippen LogP contribution in [0.3, 0.4) is 0 Å². The van der Waals surface area contributed by atoms with Crippen molar-refractivity contribution in [2.75, 3.05) is 32.9 Å². The molecule has 5 aliphatic rings. The number of morpholine rings is 1. The summed E-state index contributed by atoms with van der Waals surface area (Å²) >= 11 is 2.09. The molecule has 0 amide bonds. The number of thioether (sulfide) groups is 1. The molecule has 2 N–H and O–H groups in total. The van der Waals surface area contributed by atoms with Gasteiger partial charge in [0.25, 0.3) is 0 Å². The lowest BCUT2D eigenvalue weighted by Crippen LogP contribution is -2.48. The minimum atomic E-state index is -0.00358. The molecule has 6 nitrogen and oxygen atoms in total. The number of aliphatic imine (C=N–C) groups is 1. The van der Waals surface area contributed by atoms with Crippen molar-refractivity contribution in [3.8, 4) is 0 Å². The summed E-state index contributed by atoms with van der Waals surface area (Å²) in [6, 6.07) is 0.711. The summed E-state index contributed by atoms with van der Waals surface area (Å²) < 4.78 is 12.1. The maximum Gasteiger partial charge on any atom is 0.156 e. The summed E-state index contributed by atoms with van der Waals surface area (Å²) in [7, 11) is 0. The number of aliphatic hydroxyl groups is 1. The van der Waals surface area contributed by atoms with Crippen molar-refractivity contribution in [3.63, 3.8) is 0 Å². The highest BCUT2D eigenvalue weighted by Gasteiger charge is 2.51. The van der Waals surface area contributed by atoms with E-state index in [1.807, 2.05) is 6.34 Å². The number of hydrogen-bond acceptors (Lipinski definition) is 7. The van der Waals surface area contributed by atoms with Gasteiger partial charge in [-0.2, -0.15) is 0 Å². The predicted molar refractivity (Wildman–Crippen MR) is 112 cm³/mol. The van der Waals surface area contributed by atoms with Gasteiger partial charge in [-0.3, -0.25) is 4.90 Å². The highest BCUT2D eigenvalue weighted by Crippen LogP contribution is 2.52. The third kappa shape index (κ3) is 3.97. The van der Waals surface area contributed by atoms with Gasteiger partial charge in [-0.05, 0) is 56.8 Å². The minimum absolute atomic E-state index is 0.00358. The van der Waals surface area contributed by atoms with Crippen LogP contribution >= 0.6 is 11.8 Å². The number of rotatable bonds is 4. The van der Waals surface area contributed by atoms with Crippen LogP contribution in [0.2, 0.25) is 0 Å². The molecule has 5 rings (SSSR count). The van der Waals surface area contributed by atoms with E-state index in [-0.39, 0.29) is 6.23 Å². The molecule has 6 atom stereocenters. The van der Waals surface area contributed by atoms with Gasteiger partial charge in [0.1, 0.15) is 0 Å². The topological polar surface area (TPSA) is 66.3 Å². The van der Waals surface area contributed by atoms with Gasteiger partial charge in [0.2, 0.25) is 0 Å². The molecule has 4 unspecified atom stereocenters. The van der Waals surface area contributed by atoms with Crippen molar-refractivity contribution in [1.82, 2.24) is 10.2 Å². The fourth-order valence-electron chi connectivity index (χ4n) is 6.12. The van der Waals surface area contributed by atoms with E-state index in [4.69, 9.17) is 14.5 Å². The van der Waals surface area contributed by atoms with E-state index in [0.29, 0.717) is 47.1 Å². The molecule has 2 saturated heterocycles. The Bertz CT molecular complexity index is 551. The van der Waals surface area contributed by atoms with Crippen molar-refractivity contribution in [2.24, 2.45) is 22.7 Å². The first-order valence-electron chi connectivity index (χ1n) is 11.3. The van der Waals surface area contributed by atoms with Crippen LogP contribution < -0.4 is 5.32 Å². The fraction of sp³-hybridized carbons (Fsp3) is 0.952. The summed E-state index contributed by atoms with van der Waals surface area (Å²) in [6.45, 7) is 4.28. The van der Waals surface area contributed by atoms with Crippen molar-refractivity contribution in [3.05, 3.63) is 0 Å². The minimum Gasteiger partial charge on any atom is -0.396 e. The predicted octanol–water partition coefficient (Wildman–Crippen LogP) is 2.07. The second-order valence-corrected chi connectivity index (χ2v) is 10.6. The number of nitrogens with zero attached hydrogens (tertiary/aromatic N) is 2. The van der Waals surface area contributed by atoms with Crippen LogP contribution in [0.5, 0.6) is 0 Å². The Morgan fingerprint density at radius 2 is 1.96 bits per heavy atom. The van der Waals surface area contributed by atoms with Gasteiger partial charge in [-0.1, -0.05) is 0 Å². The lowest BCUT2D eigenvalue weighted by atomic mass is 9.74. The average molecular weight is 410 g/mol. The Hall–Kier alpha value is -0.340. The second-order valence-electron chi connectivity index (χ2n) is 9.25. The van der Waals surface area contributed by atoms with Crippen LogP contribution in [-0.2, 0) is 9.47 Å². The molecule has 2 aliphatic carbocycles. The normalized spacial score (nSPS) is 46.6. The molecule has 0 radical (unpaired) electrons. The van der Waals surface area contributed by atoms with Crippen LogP contribution in [0.1, 0.15) is 44.9 Å². The van der Waals surface area contributed by atoms with E-state index >= 15 is 0 Å². The van der Waals surface area contributed by atoms with Gasteiger partial charge in [-0.25, -0.2) is 4.99 Å². The van der Waals surface area contributed by atoms with Crippen LogP contribution in [0.15, 0.2) is 4.99 Å². The summed E-state index contributed by atoms with van der Waals surface area (Å²) in [4.78, 5) is 7.37. The summed E-state index contributed by atoms with van der Waals surface area (Å²) in [5.41, 5.74) is 0. The number of ether oxygens (including phenoxy) is 2. The molecule has 3 heterocycles. The molecule has 3 aliphatic heterocycles. The van der Waals surface area contributed by atoms with E-state index in [9.17, 15) is 5.11 Å². The van der Waals surface area contributed by atoms with Crippen LogP contribution in [0, 0.1) is 17.8 Å². The third-order valence-corrected chi connectivity index (χ3v) is 9.37. The SMILES string of the molecule is OC[C@H]1CCC2SC3NC=NC(O[C@H]4CC[C@H](N5CCOCC5)CC4)C3[C@@H]2C1. The quantitative estimate of drug-likeness (QED) is 0.741. The van der Waals surface area contributed by atoms with Crippen molar-refractivity contribution < 1.29 is 14.6 Å². The van der Waals surface area contributed by atoms with Crippen LogP contribution in [0.25, 0.3) is 0 Å². The first kappa shape index (κ1) is 19.6. The highest BCUT2D eigenvalue weighted by atomic mass is 32.2. The number of aliphatic hydroxyl groups excluding tert-OH is 1. The summed E-state index contributed by atoms with van der Waals surface area (Å²) in [5, 5.41) is 14.3. The maximum atomic E-state index is 9.67. The van der Waals surface area contributed by atoms with Gasteiger partial charge in [0.05, 0.1) is 31.0 Å². The smallest absolute Gasteiger partial charge is 0.156 e. The molecule has 0 aromatic carbocycles. The largest absolute Gasteiger partial charge is 0.396 e. The van der Waals surface area contributed by atoms with E-state index in [1.54, 1.807) is 0 Å². The standard InChI is InChI=1S/C21H35N3O3S/c25-12-14-1-6-18-17(11-14)19-20(22-13-23-21(19)28-18)27-16-4-2-15(3-5-16)24-7-9-26-10-8-24/h13-21,25H,1-12H2,(H,22,23)/t14-,15-,16-,17+,18?,19?,20?,21?/m0/s1. The maximum absolute atomic E-state index is 9.67. The Labute approximate surface area is 172 Å². The van der Waals surface area contributed by atoms with Crippen LogP contribution in [0.4, 0.5) is 0 Å². The number of nitrogens with one attached hydrogen (secondary N) is 1. The Balaban J connectivity index is 1.18. The van der Waals surface area contributed by atoms with Gasteiger partial charge in [-0.15, -0.1) is 11.8 Å². The van der Waals surface area contributed by atoms with Gasteiger partial charge >= 0.3 is 0 Å². The molecule has 0 aromatic rings. The number of fused-ring (bicyclic) bond motifs is 3. The molecule has 158 valence electrons. The molecule has 7 heteroatoms. The average Bonchev–Trinajstić information content (AvgIpc) is 3.13. The van der Waals surface area contributed by atoms with Gasteiger partial charge in [0.15, 0.2) is 6.23 Å². The van der Waals surface area contributed by atoms with E-state index < -0.39 is 0 Å². The molecule has 0 bridgehead atoms. The first-order valence-corrected chi connectivity index (χ1v) is 12.3. The lowest BCUT2D eigenvalue weighted by molar-refractivity contribution is -0.0820. The zero-order valence-corrected chi connectivity index (χ0v) is 17.6. The molecule has 2 saturated carbocycles. The monoisotopic (exact) mass is 409 g/mol. The lowest BCUT2D eigenvalue weighted by Gasteiger charge is -2.41. The van der Waals surface area contributed by atoms with Gasteiger partial charge in [0, 0.05) is 36.9 Å². The van der Waals surface area contributed by atoms with Crippen LogP contribution in [-0.4, -0.2) is 78.3 Å². The molecule has 0 aromatic heterocycles.